The SMILES string of the molecule is CCCCCCCCCCOC(OCCC)C(=O)c1ccccc1. The third-order valence-corrected chi connectivity index (χ3v) is 4.01. The Morgan fingerprint density at radius 1 is 0.792 bits per heavy atom. The summed E-state index contributed by atoms with van der Waals surface area (Å²) in [5.41, 5.74) is 0.648. The maximum Gasteiger partial charge on any atom is 0.222 e. The molecule has 0 aliphatic rings. The molecule has 1 unspecified atom stereocenters. The molecule has 0 spiro atoms. The minimum atomic E-state index is -0.767. The summed E-state index contributed by atoms with van der Waals surface area (Å²) in [6.07, 6.45) is 10.1. The van der Waals surface area contributed by atoms with Crippen LogP contribution in [0.2, 0.25) is 0 Å². The Morgan fingerprint density at radius 2 is 1.38 bits per heavy atom. The molecule has 1 aromatic carbocycles. The van der Waals surface area contributed by atoms with Crippen LogP contribution in [0, 0.1) is 0 Å². The minimum Gasteiger partial charge on any atom is -0.346 e. The summed E-state index contributed by atoms with van der Waals surface area (Å²) in [4.78, 5) is 12.5. The Bertz CT molecular complexity index is 416. The van der Waals surface area contributed by atoms with E-state index in [4.69, 9.17) is 9.47 Å². The lowest BCUT2D eigenvalue weighted by Crippen LogP contribution is -2.28. The van der Waals surface area contributed by atoms with Crippen molar-refractivity contribution in [2.24, 2.45) is 0 Å². The quantitative estimate of drug-likeness (QED) is 0.232. The van der Waals surface area contributed by atoms with Gasteiger partial charge in [-0.05, 0) is 12.8 Å². The van der Waals surface area contributed by atoms with Gasteiger partial charge in [0, 0.05) is 12.2 Å². The molecule has 136 valence electrons. The second-order valence-electron chi connectivity index (χ2n) is 6.28. The molecule has 0 aromatic heterocycles. The van der Waals surface area contributed by atoms with E-state index in [0.717, 1.165) is 19.3 Å². The van der Waals surface area contributed by atoms with Gasteiger partial charge in [-0.3, -0.25) is 4.79 Å². The van der Waals surface area contributed by atoms with Crippen molar-refractivity contribution in [2.75, 3.05) is 13.2 Å². The van der Waals surface area contributed by atoms with Crippen LogP contribution in [0.3, 0.4) is 0 Å². The molecule has 3 heteroatoms. The van der Waals surface area contributed by atoms with Crippen molar-refractivity contribution in [2.45, 2.75) is 77.9 Å². The van der Waals surface area contributed by atoms with Gasteiger partial charge >= 0.3 is 0 Å². The predicted molar refractivity (Wildman–Crippen MR) is 99.4 cm³/mol. The van der Waals surface area contributed by atoms with Crippen molar-refractivity contribution in [1.29, 1.82) is 0 Å². The standard InChI is InChI=1S/C21H34O3/c1-3-5-6-7-8-9-10-14-18-24-21(23-17-4-2)20(22)19-15-12-11-13-16-19/h11-13,15-16,21H,3-10,14,17-18H2,1-2H3. The van der Waals surface area contributed by atoms with E-state index < -0.39 is 6.29 Å². The Kier molecular flexibility index (Phi) is 12.3. The molecular formula is C21H34O3. The van der Waals surface area contributed by atoms with Gasteiger partial charge in [-0.25, -0.2) is 0 Å². The van der Waals surface area contributed by atoms with Crippen LogP contribution in [-0.4, -0.2) is 25.3 Å². The number of carbonyl (C=O) groups excluding carboxylic acids is 1. The molecule has 1 rings (SSSR count). The van der Waals surface area contributed by atoms with Crippen LogP contribution in [0.4, 0.5) is 0 Å². The molecule has 0 amide bonds. The zero-order valence-corrected chi connectivity index (χ0v) is 15.5. The van der Waals surface area contributed by atoms with Crippen LogP contribution in [-0.2, 0) is 9.47 Å². The fourth-order valence-electron chi connectivity index (χ4n) is 2.59. The van der Waals surface area contributed by atoms with E-state index >= 15 is 0 Å². The number of unbranched alkanes of at least 4 members (excludes halogenated alkanes) is 7. The van der Waals surface area contributed by atoms with Gasteiger partial charge in [-0.15, -0.1) is 0 Å². The van der Waals surface area contributed by atoms with E-state index in [0.29, 0.717) is 18.8 Å². The van der Waals surface area contributed by atoms with Crippen LogP contribution in [0.5, 0.6) is 0 Å². The summed E-state index contributed by atoms with van der Waals surface area (Å²) < 4.78 is 11.3. The van der Waals surface area contributed by atoms with Crippen molar-refractivity contribution in [3.05, 3.63) is 35.9 Å². The molecule has 0 heterocycles. The molecule has 0 aliphatic carbocycles. The van der Waals surface area contributed by atoms with E-state index in [1.165, 1.54) is 38.5 Å². The fraction of sp³-hybridized carbons (Fsp3) is 0.667. The van der Waals surface area contributed by atoms with Crippen molar-refractivity contribution >= 4 is 5.78 Å². The van der Waals surface area contributed by atoms with Crippen LogP contribution >= 0.6 is 0 Å². The van der Waals surface area contributed by atoms with Gasteiger partial charge in [0.15, 0.2) is 0 Å². The molecule has 0 saturated heterocycles. The van der Waals surface area contributed by atoms with Gasteiger partial charge in [0.1, 0.15) is 0 Å². The number of Topliss-reactive ketones (excluding diaryl/α,β-unsaturated/α-hetero) is 1. The fourth-order valence-corrected chi connectivity index (χ4v) is 2.59. The number of hydrogen-bond acceptors (Lipinski definition) is 3. The first-order valence-corrected chi connectivity index (χ1v) is 9.62. The highest BCUT2D eigenvalue weighted by atomic mass is 16.7. The summed E-state index contributed by atoms with van der Waals surface area (Å²) in [6, 6.07) is 9.25. The molecule has 0 fully saturated rings. The largest absolute Gasteiger partial charge is 0.346 e. The second-order valence-corrected chi connectivity index (χ2v) is 6.28. The summed E-state index contributed by atoms with van der Waals surface area (Å²) >= 11 is 0. The van der Waals surface area contributed by atoms with Crippen molar-refractivity contribution in [3.8, 4) is 0 Å². The summed E-state index contributed by atoms with van der Waals surface area (Å²) in [7, 11) is 0. The molecule has 0 N–H and O–H groups in total. The highest BCUT2D eigenvalue weighted by molar-refractivity contribution is 5.98. The van der Waals surface area contributed by atoms with Gasteiger partial charge in [0.05, 0.1) is 6.61 Å². The Morgan fingerprint density at radius 3 is 2.00 bits per heavy atom. The van der Waals surface area contributed by atoms with E-state index in [1.807, 2.05) is 37.3 Å². The van der Waals surface area contributed by atoms with Gasteiger partial charge in [-0.1, -0.05) is 89.1 Å². The topological polar surface area (TPSA) is 35.5 Å². The minimum absolute atomic E-state index is 0.0800. The third kappa shape index (κ3) is 9.19. The van der Waals surface area contributed by atoms with Gasteiger partial charge in [-0.2, -0.15) is 0 Å². The Hall–Kier alpha value is -1.19. The number of carbonyl (C=O) groups is 1. The monoisotopic (exact) mass is 334 g/mol. The molecule has 0 bridgehead atoms. The summed E-state index contributed by atoms with van der Waals surface area (Å²) in [5.74, 6) is -0.0800. The summed E-state index contributed by atoms with van der Waals surface area (Å²) in [5, 5.41) is 0. The molecule has 0 aliphatic heterocycles. The number of benzene rings is 1. The molecule has 0 radical (unpaired) electrons. The maximum absolute atomic E-state index is 12.5. The highest BCUT2D eigenvalue weighted by Crippen LogP contribution is 2.11. The third-order valence-electron chi connectivity index (χ3n) is 4.01. The first-order valence-electron chi connectivity index (χ1n) is 9.62. The Balaban J connectivity index is 2.24. The molecule has 3 nitrogen and oxygen atoms in total. The molecule has 24 heavy (non-hydrogen) atoms. The van der Waals surface area contributed by atoms with Gasteiger partial charge < -0.3 is 9.47 Å². The van der Waals surface area contributed by atoms with Crippen molar-refractivity contribution in [3.63, 3.8) is 0 Å². The summed E-state index contributed by atoms with van der Waals surface area (Å²) in [6.45, 7) is 5.40. The van der Waals surface area contributed by atoms with Gasteiger partial charge in [0.2, 0.25) is 12.1 Å². The first kappa shape index (κ1) is 20.9. The normalized spacial score (nSPS) is 12.2. The van der Waals surface area contributed by atoms with Crippen molar-refractivity contribution < 1.29 is 14.3 Å². The lowest BCUT2D eigenvalue weighted by Gasteiger charge is -2.17. The number of ketones is 1. The molecule has 1 aromatic rings. The van der Waals surface area contributed by atoms with Crippen LogP contribution in [0.25, 0.3) is 0 Å². The van der Waals surface area contributed by atoms with Crippen molar-refractivity contribution in [1.82, 2.24) is 0 Å². The lowest BCUT2D eigenvalue weighted by atomic mass is 10.1. The first-order chi connectivity index (χ1) is 11.8. The highest BCUT2D eigenvalue weighted by Gasteiger charge is 2.20. The zero-order valence-electron chi connectivity index (χ0n) is 15.5. The number of rotatable bonds is 15. The van der Waals surface area contributed by atoms with E-state index in [2.05, 4.69) is 6.92 Å². The number of hydrogen-bond donors (Lipinski definition) is 0. The average Bonchev–Trinajstić information content (AvgIpc) is 2.63. The van der Waals surface area contributed by atoms with E-state index in [-0.39, 0.29) is 5.78 Å². The smallest absolute Gasteiger partial charge is 0.222 e. The second kappa shape index (κ2) is 14.2. The Labute approximate surface area is 147 Å². The van der Waals surface area contributed by atoms with E-state index in [9.17, 15) is 4.79 Å². The van der Waals surface area contributed by atoms with E-state index in [1.54, 1.807) is 0 Å². The zero-order chi connectivity index (χ0) is 17.5. The van der Waals surface area contributed by atoms with Gasteiger partial charge in [0.25, 0.3) is 0 Å². The molecular weight excluding hydrogens is 300 g/mol. The van der Waals surface area contributed by atoms with Crippen LogP contribution in [0.1, 0.15) is 82.0 Å². The number of ether oxygens (including phenoxy) is 2. The molecule has 1 atom stereocenters. The predicted octanol–water partition coefficient (Wildman–Crippen LogP) is 5.78. The van der Waals surface area contributed by atoms with Crippen LogP contribution < -0.4 is 0 Å². The van der Waals surface area contributed by atoms with Crippen LogP contribution in [0.15, 0.2) is 30.3 Å². The maximum atomic E-state index is 12.5. The lowest BCUT2D eigenvalue weighted by molar-refractivity contribution is -0.114. The molecule has 0 saturated carbocycles. The average molecular weight is 334 g/mol.